The molecule has 0 fully saturated rings. The lowest BCUT2D eigenvalue weighted by atomic mass is 10.0. The summed E-state index contributed by atoms with van der Waals surface area (Å²) in [7, 11) is 0. The van der Waals surface area contributed by atoms with Crippen LogP contribution in [0.25, 0.3) is 10.9 Å². The maximum absolute atomic E-state index is 11.9. The first-order valence-electron chi connectivity index (χ1n) is 5.92. The number of H-pyrrole nitrogens is 1. The lowest BCUT2D eigenvalue weighted by molar-refractivity contribution is 0.0711. The first kappa shape index (κ1) is 12.6. The number of aromatic nitrogens is 1. The van der Waals surface area contributed by atoms with Crippen molar-refractivity contribution in [3.05, 3.63) is 40.2 Å². The van der Waals surface area contributed by atoms with E-state index in [0.717, 1.165) is 5.69 Å². The smallest absolute Gasteiger partial charge is 0.189 e. The summed E-state index contributed by atoms with van der Waals surface area (Å²) in [6.45, 7) is 3.47. The third kappa shape index (κ3) is 2.90. The van der Waals surface area contributed by atoms with Crippen molar-refractivity contribution in [3.63, 3.8) is 0 Å². The molecule has 2 aromatic rings. The number of pyridine rings is 1. The van der Waals surface area contributed by atoms with Crippen LogP contribution in [0.1, 0.15) is 26.0 Å². The first-order valence-corrected chi connectivity index (χ1v) is 5.92. The number of rotatable bonds is 3. The fourth-order valence-electron chi connectivity index (χ4n) is 1.87. The van der Waals surface area contributed by atoms with Gasteiger partial charge in [0.15, 0.2) is 5.43 Å². The molecule has 0 aliphatic heterocycles. The Hall–Kier alpha value is -1.81. The highest BCUT2D eigenvalue weighted by Crippen LogP contribution is 2.17. The molecule has 96 valence electrons. The Morgan fingerprint density at radius 1 is 1.28 bits per heavy atom. The minimum absolute atomic E-state index is 0.0745. The van der Waals surface area contributed by atoms with Gasteiger partial charge in [-0.2, -0.15) is 0 Å². The Kier molecular flexibility index (Phi) is 3.13. The molecule has 18 heavy (non-hydrogen) atoms. The maximum atomic E-state index is 11.9. The second kappa shape index (κ2) is 4.46. The van der Waals surface area contributed by atoms with Crippen molar-refractivity contribution in [1.82, 2.24) is 4.98 Å². The molecular weight excluding hydrogens is 230 g/mol. The van der Waals surface area contributed by atoms with Gasteiger partial charge in [0, 0.05) is 23.2 Å². The van der Waals surface area contributed by atoms with Crippen molar-refractivity contribution in [1.29, 1.82) is 0 Å². The van der Waals surface area contributed by atoms with Crippen LogP contribution < -0.4 is 5.43 Å². The van der Waals surface area contributed by atoms with Gasteiger partial charge in [-0.3, -0.25) is 4.79 Å². The molecule has 1 aromatic heterocycles. The predicted molar refractivity (Wildman–Crippen MR) is 70.9 cm³/mol. The van der Waals surface area contributed by atoms with E-state index in [9.17, 15) is 15.0 Å². The molecule has 1 aromatic carbocycles. The van der Waals surface area contributed by atoms with Crippen LogP contribution >= 0.6 is 0 Å². The van der Waals surface area contributed by atoms with Crippen molar-refractivity contribution < 1.29 is 10.2 Å². The van der Waals surface area contributed by atoms with Crippen LogP contribution in [0, 0.1) is 0 Å². The quantitative estimate of drug-likeness (QED) is 0.776. The van der Waals surface area contributed by atoms with Gasteiger partial charge in [-0.1, -0.05) is 0 Å². The molecule has 0 aliphatic carbocycles. The normalized spacial score (nSPS) is 11.9. The Morgan fingerprint density at radius 2 is 2.00 bits per heavy atom. The van der Waals surface area contributed by atoms with E-state index in [1.807, 2.05) is 0 Å². The lowest BCUT2D eigenvalue weighted by Crippen LogP contribution is -2.20. The van der Waals surface area contributed by atoms with Crippen molar-refractivity contribution in [2.75, 3.05) is 0 Å². The van der Waals surface area contributed by atoms with Crippen LogP contribution in [0.15, 0.2) is 29.1 Å². The van der Waals surface area contributed by atoms with Gasteiger partial charge in [-0.05, 0) is 38.8 Å². The van der Waals surface area contributed by atoms with Crippen molar-refractivity contribution in [2.45, 2.75) is 32.3 Å². The van der Waals surface area contributed by atoms with Gasteiger partial charge in [-0.25, -0.2) is 0 Å². The third-order valence-electron chi connectivity index (χ3n) is 2.88. The molecule has 0 atom stereocenters. The van der Waals surface area contributed by atoms with Gasteiger partial charge >= 0.3 is 0 Å². The fourth-order valence-corrected chi connectivity index (χ4v) is 1.87. The number of aromatic amines is 1. The van der Waals surface area contributed by atoms with Crippen LogP contribution in [-0.2, 0) is 6.42 Å². The summed E-state index contributed by atoms with van der Waals surface area (Å²) in [4.78, 5) is 15.0. The Labute approximate surface area is 105 Å². The Morgan fingerprint density at radius 3 is 2.67 bits per heavy atom. The number of aromatic hydroxyl groups is 1. The standard InChI is InChI=1S/C14H17NO3/c1-14(2,18)6-5-9-7-13(17)11-4-3-10(16)8-12(11)15-9/h3-4,7-8,16,18H,5-6H2,1-2H3,(H,15,17). The number of aliphatic hydroxyl groups is 1. The molecule has 0 aliphatic rings. The molecule has 0 spiro atoms. The topological polar surface area (TPSA) is 73.3 Å². The minimum atomic E-state index is -0.759. The van der Waals surface area contributed by atoms with Crippen LogP contribution in [0.2, 0.25) is 0 Å². The van der Waals surface area contributed by atoms with E-state index in [0.29, 0.717) is 23.7 Å². The summed E-state index contributed by atoms with van der Waals surface area (Å²) < 4.78 is 0. The number of nitrogens with one attached hydrogen (secondary N) is 1. The number of benzene rings is 1. The number of hydrogen-bond acceptors (Lipinski definition) is 3. The minimum Gasteiger partial charge on any atom is -0.508 e. The average molecular weight is 247 g/mol. The molecule has 0 radical (unpaired) electrons. The second-order valence-electron chi connectivity index (χ2n) is 5.20. The van der Waals surface area contributed by atoms with E-state index >= 15 is 0 Å². The molecule has 2 rings (SSSR count). The maximum Gasteiger partial charge on any atom is 0.189 e. The van der Waals surface area contributed by atoms with E-state index in [4.69, 9.17) is 0 Å². The van der Waals surface area contributed by atoms with Gasteiger partial charge in [0.1, 0.15) is 5.75 Å². The van der Waals surface area contributed by atoms with Gasteiger partial charge in [-0.15, -0.1) is 0 Å². The van der Waals surface area contributed by atoms with Crippen molar-refractivity contribution >= 4 is 10.9 Å². The summed E-state index contributed by atoms with van der Waals surface area (Å²) >= 11 is 0. The molecule has 0 bridgehead atoms. The van der Waals surface area contributed by atoms with E-state index in [2.05, 4.69) is 4.98 Å². The number of hydrogen-bond donors (Lipinski definition) is 3. The zero-order valence-corrected chi connectivity index (χ0v) is 10.5. The van der Waals surface area contributed by atoms with Crippen LogP contribution in [0.5, 0.6) is 5.75 Å². The Bertz CT molecular complexity index is 623. The number of aryl methyl sites for hydroxylation is 1. The van der Waals surface area contributed by atoms with Crippen LogP contribution in [0.4, 0.5) is 0 Å². The van der Waals surface area contributed by atoms with E-state index in [-0.39, 0.29) is 11.2 Å². The summed E-state index contributed by atoms with van der Waals surface area (Å²) in [6, 6.07) is 6.17. The zero-order valence-electron chi connectivity index (χ0n) is 10.5. The molecule has 4 heteroatoms. The Balaban J connectivity index is 2.39. The van der Waals surface area contributed by atoms with E-state index < -0.39 is 5.60 Å². The highest BCUT2D eigenvalue weighted by molar-refractivity contribution is 5.79. The van der Waals surface area contributed by atoms with Gasteiger partial charge in [0.05, 0.1) is 11.1 Å². The van der Waals surface area contributed by atoms with Crippen LogP contribution in [-0.4, -0.2) is 20.8 Å². The largest absolute Gasteiger partial charge is 0.508 e. The highest BCUT2D eigenvalue weighted by Gasteiger charge is 2.13. The van der Waals surface area contributed by atoms with Gasteiger partial charge < -0.3 is 15.2 Å². The molecule has 0 unspecified atom stereocenters. The summed E-state index contributed by atoms with van der Waals surface area (Å²) in [5.74, 6) is 0.123. The van der Waals surface area contributed by atoms with E-state index in [1.54, 1.807) is 26.0 Å². The lowest BCUT2D eigenvalue weighted by Gasteiger charge is -2.16. The molecule has 0 saturated heterocycles. The molecule has 1 heterocycles. The number of phenols is 1. The van der Waals surface area contributed by atoms with Gasteiger partial charge in [0.2, 0.25) is 0 Å². The third-order valence-corrected chi connectivity index (χ3v) is 2.88. The molecule has 3 N–H and O–H groups in total. The zero-order chi connectivity index (χ0) is 13.3. The summed E-state index contributed by atoms with van der Waals surface area (Å²) in [5, 5.41) is 19.6. The van der Waals surface area contributed by atoms with E-state index in [1.165, 1.54) is 12.1 Å². The monoisotopic (exact) mass is 247 g/mol. The molecular formula is C14H17NO3. The number of phenolic OH excluding ortho intramolecular Hbond substituents is 1. The predicted octanol–water partition coefficient (Wildman–Crippen LogP) is 1.94. The van der Waals surface area contributed by atoms with Crippen LogP contribution in [0.3, 0.4) is 0 Å². The van der Waals surface area contributed by atoms with Crippen molar-refractivity contribution in [3.8, 4) is 5.75 Å². The first-order chi connectivity index (χ1) is 8.35. The van der Waals surface area contributed by atoms with Crippen molar-refractivity contribution in [2.24, 2.45) is 0 Å². The summed E-state index contributed by atoms with van der Waals surface area (Å²) in [5.41, 5.74) is 0.549. The SMILES string of the molecule is CC(C)(O)CCc1cc(=O)c2ccc(O)cc2[nH]1. The number of fused-ring (bicyclic) bond motifs is 1. The average Bonchev–Trinajstić information content (AvgIpc) is 2.24. The summed E-state index contributed by atoms with van der Waals surface area (Å²) in [6.07, 6.45) is 1.15. The highest BCUT2D eigenvalue weighted by atomic mass is 16.3. The molecule has 0 saturated carbocycles. The second-order valence-corrected chi connectivity index (χ2v) is 5.20. The van der Waals surface area contributed by atoms with Gasteiger partial charge in [0.25, 0.3) is 0 Å². The fraction of sp³-hybridized carbons (Fsp3) is 0.357. The molecule has 4 nitrogen and oxygen atoms in total. The molecule has 0 amide bonds.